The van der Waals surface area contributed by atoms with E-state index in [-0.39, 0.29) is 5.69 Å². The van der Waals surface area contributed by atoms with Gasteiger partial charge in [0.1, 0.15) is 0 Å². The zero-order valence-electron chi connectivity index (χ0n) is 8.20. The van der Waals surface area contributed by atoms with Crippen LogP contribution in [0.2, 0.25) is 0 Å². The third-order valence-electron chi connectivity index (χ3n) is 1.23. The van der Waals surface area contributed by atoms with E-state index < -0.39 is 5.97 Å². The molecular formula is C9H15NO2S. The molecule has 0 aliphatic carbocycles. The fraction of sp³-hybridized carbons (Fsp3) is 0.556. The number of aromatic carboxylic acids is 1. The van der Waals surface area contributed by atoms with E-state index in [4.69, 9.17) is 5.11 Å². The van der Waals surface area contributed by atoms with Crippen LogP contribution in [0.4, 0.5) is 0 Å². The van der Waals surface area contributed by atoms with Gasteiger partial charge in [-0.3, -0.25) is 0 Å². The van der Waals surface area contributed by atoms with Crippen LogP contribution in [-0.2, 0) is 6.42 Å². The Hall–Kier alpha value is -0.900. The SMILES string of the molecule is CC.CCCc1nc(C(=O)O)cs1. The van der Waals surface area contributed by atoms with Crippen molar-refractivity contribution in [3.63, 3.8) is 0 Å². The van der Waals surface area contributed by atoms with E-state index in [2.05, 4.69) is 4.98 Å². The maximum Gasteiger partial charge on any atom is 0.355 e. The minimum atomic E-state index is -0.941. The Morgan fingerprint density at radius 2 is 2.23 bits per heavy atom. The summed E-state index contributed by atoms with van der Waals surface area (Å²) in [6, 6.07) is 0. The first-order chi connectivity index (χ1) is 6.24. The Balaban J connectivity index is 0.000000671. The third-order valence-corrected chi connectivity index (χ3v) is 2.14. The fourth-order valence-electron chi connectivity index (χ4n) is 0.738. The summed E-state index contributed by atoms with van der Waals surface area (Å²) in [5.41, 5.74) is 0.165. The van der Waals surface area contributed by atoms with Gasteiger partial charge in [-0.05, 0) is 12.8 Å². The molecule has 0 amide bonds. The monoisotopic (exact) mass is 201 g/mol. The summed E-state index contributed by atoms with van der Waals surface area (Å²) in [5, 5.41) is 11.0. The first kappa shape index (κ1) is 12.1. The van der Waals surface area contributed by atoms with Gasteiger partial charge >= 0.3 is 5.97 Å². The van der Waals surface area contributed by atoms with E-state index in [0.29, 0.717) is 0 Å². The first-order valence-corrected chi connectivity index (χ1v) is 5.29. The number of carboxylic acid groups (broad SMARTS) is 1. The van der Waals surface area contributed by atoms with Crippen molar-refractivity contribution in [3.05, 3.63) is 16.1 Å². The molecule has 0 aliphatic heterocycles. The van der Waals surface area contributed by atoms with Gasteiger partial charge in [0.05, 0.1) is 5.01 Å². The number of hydrogen-bond acceptors (Lipinski definition) is 3. The molecule has 0 bridgehead atoms. The van der Waals surface area contributed by atoms with Crippen molar-refractivity contribution in [3.8, 4) is 0 Å². The third kappa shape index (κ3) is 4.03. The number of carbonyl (C=O) groups is 1. The maximum atomic E-state index is 10.4. The number of carboxylic acids is 1. The fourth-order valence-corrected chi connectivity index (χ4v) is 1.61. The lowest BCUT2D eigenvalue weighted by Gasteiger charge is -1.86. The molecule has 1 aromatic rings. The van der Waals surface area contributed by atoms with E-state index in [1.54, 1.807) is 5.38 Å². The molecule has 1 N–H and O–H groups in total. The van der Waals surface area contributed by atoms with Gasteiger partial charge in [-0.15, -0.1) is 11.3 Å². The second-order valence-corrected chi connectivity index (χ2v) is 3.12. The quantitative estimate of drug-likeness (QED) is 0.818. The lowest BCUT2D eigenvalue weighted by molar-refractivity contribution is 0.0691. The van der Waals surface area contributed by atoms with E-state index in [0.717, 1.165) is 17.8 Å². The van der Waals surface area contributed by atoms with Crippen LogP contribution in [0.1, 0.15) is 42.7 Å². The topological polar surface area (TPSA) is 50.2 Å². The normalized spacial score (nSPS) is 8.85. The van der Waals surface area contributed by atoms with E-state index in [1.807, 2.05) is 20.8 Å². The van der Waals surface area contributed by atoms with Crippen LogP contribution in [0.3, 0.4) is 0 Å². The van der Waals surface area contributed by atoms with Crippen LogP contribution in [0.25, 0.3) is 0 Å². The molecule has 0 atom stereocenters. The Labute approximate surface area is 82.4 Å². The van der Waals surface area contributed by atoms with Crippen LogP contribution >= 0.6 is 11.3 Å². The standard InChI is InChI=1S/C7H9NO2S.C2H6/c1-2-3-6-8-5(4-11-6)7(9)10;1-2/h4H,2-3H2,1H3,(H,9,10);1-2H3. The molecule has 0 unspecified atom stereocenters. The molecule has 1 aromatic heterocycles. The number of thiazole rings is 1. The summed E-state index contributed by atoms with van der Waals surface area (Å²) >= 11 is 1.41. The van der Waals surface area contributed by atoms with Crippen molar-refractivity contribution < 1.29 is 9.90 Å². The van der Waals surface area contributed by atoms with Crippen LogP contribution in [0.15, 0.2) is 5.38 Å². The second-order valence-electron chi connectivity index (χ2n) is 2.18. The summed E-state index contributed by atoms with van der Waals surface area (Å²) in [5.74, 6) is -0.941. The van der Waals surface area contributed by atoms with Crippen molar-refractivity contribution >= 4 is 17.3 Å². The molecule has 13 heavy (non-hydrogen) atoms. The van der Waals surface area contributed by atoms with Gasteiger partial charge in [-0.1, -0.05) is 20.8 Å². The summed E-state index contributed by atoms with van der Waals surface area (Å²) < 4.78 is 0. The number of hydrogen-bond donors (Lipinski definition) is 1. The summed E-state index contributed by atoms with van der Waals surface area (Å²) in [6.07, 6.45) is 1.88. The van der Waals surface area contributed by atoms with E-state index >= 15 is 0 Å². The summed E-state index contributed by atoms with van der Waals surface area (Å²) in [4.78, 5) is 14.3. The average molecular weight is 201 g/mol. The minimum absolute atomic E-state index is 0.165. The summed E-state index contributed by atoms with van der Waals surface area (Å²) in [7, 11) is 0. The van der Waals surface area contributed by atoms with Crippen LogP contribution in [0.5, 0.6) is 0 Å². The smallest absolute Gasteiger partial charge is 0.355 e. The first-order valence-electron chi connectivity index (χ1n) is 4.41. The molecule has 0 fully saturated rings. The van der Waals surface area contributed by atoms with Crippen molar-refractivity contribution in [1.82, 2.24) is 4.98 Å². The van der Waals surface area contributed by atoms with Gasteiger partial charge in [0, 0.05) is 5.38 Å². The van der Waals surface area contributed by atoms with Gasteiger partial charge in [-0.2, -0.15) is 0 Å². The molecule has 1 heterocycles. The van der Waals surface area contributed by atoms with Gasteiger partial charge in [0.15, 0.2) is 5.69 Å². The highest BCUT2D eigenvalue weighted by Crippen LogP contribution is 2.11. The lowest BCUT2D eigenvalue weighted by Crippen LogP contribution is -1.96. The van der Waals surface area contributed by atoms with Gasteiger partial charge in [0.2, 0.25) is 0 Å². The highest BCUT2D eigenvalue weighted by atomic mass is 32.1. The van der Waals surface area contributed by atoms with Crippen LogP contribution in [-0.4, -0.2) is 16.1 Å². The number of rotatable bonds is 3. The Kier molecular flexibility index (Phi) is 6.14. The molecule has 74 valence electrons. The van der Waals surface area contributed by atoms with Crippen LogP contribution < -0.4 is 0 Å². The molecule has 0 saturated carbocycles. The number of nitrogens with zero attached hydrogens (tertiary/aromatic N) is 1. The highest BCUT2D eigenvalue weighted by molar-refractivity contribution is 7.09. The molecule has 4 heteroatoms. The highest BCUT2D eigenvalue weighted by Gasteiger charge is 2.06. The second kappa shape index (κ2) is 6.60. The molecule has 1 rings (SSSR count). The lowest BCUT2D eigenvalue weighted by atomic mass is 10.3. The minimum Gasteiger partial charge on any atom is -0.476 e. The number of aryl methyl sites for hydroxylation is 1. The van der Waals surface area contributed by atoms with Crippen LogP contribution in [0, 0.1) is 0 Å². The Bertz CT molecular complexity index is 258. The largest absolute Gasteiger partial charge is 0.476 e. The Morgan fingerprint density at radius 3 is 2.62 bits per heavy atom. The molecular weight excluding hydrogens is 186 g/mol. The molecule has 3 nitrogen and oxygen atoms in total. The van der Waals surface area contributed by atoms with Gasteiger partial charge < -0.3 is 5.11 Å². The summed E-state index contributed by atoms with van der Waals surface area (Å²) in [6.45, 7) is 6.04. The predicted molar refractivity (Wildman–Crippen MR) is 54.4 cm³/mol. The van der Waals surface area contributed by atoms with E-state index in [9.17, 15) is 4.79 Å². The number of aromatic nitrogens is 1. The Morgan fingerprint density at radius 1 is 1.62 bits per heavy atom. The van der Waals surface area contributed by atoms with Gasteiger partial charge in [0.25, 0.3) is 0 Å². The van der Waals surface area contributed by atoms with E-state index in [1.165, 1.54) is 11.3 Å². The van der Waals surface area contributed by atoms with Crippen molar-refractivity contribution in [1.29, 1.82) is 0 Å². The zero-order valence-corrected chi connectivity index (χ0v) is 9.02. The van der Waals surface area contributed by atoms with Gasteiger partial charge in [-0.25, -0.2) is 9.78 Å². The molecule has 0 spiro atoms. The van der Waals surface area contributed by atoms with Crippen molar-refractivity contribution in [2.45, 2.75) is 33.6 Å². The predicted octanol–water partition coefficient (Wildman–Crippen LogP) is 2.82. The van der Waals surface area contributed by atoms with Crippen molar-refractivity contribution in [2.75, 3.05) is 0 Å². The molecule has 0 aliphatic rings. The molecule has 0 saturated heterocycles. The maximum absolute atomic E-state index is 10.4. The van der Waals surface area contributed by atoms with Crippen molar-refractivity contribution in [2.24, 2.45) is 0 Å². The molecule has 0 radical (unpaired) electrons. The zero-order chi connectivity index (χ0) is 10.3. The molecule has 0 aromatic carbocycles. The average Bonchev–Trinajstić information content (AvgIpc) is 2.57.